The first-order valence-electron chi connectivity index (χ1n) is 8.01. The van der Waals surface area contributed by atoms with Crippen LogP contribution in [0.4, 0.5) is 5.69 Å². The first-order valence-corrected chi connectivity index (χ1v) is 8.01. The summed E-state index contributed by atoms with van der Waals surface area (Å²) in [6, 6.07) is 11.5. The summed E-state index contributed by atoms with van der Waals surface area (Å²) in [6.45, 7) is 5.01. The van der Waals surface area contributed by atoms with Gasteiger partial charge in [0.1, 0.15) is 5.69 Å². The van der Waals surface area contributed by atoms with E-state index in [-0.39, 0.29) is 5.56 Å². The molecular formula is C18H18N4O2. The number of anilines is 1. The molecule has 1 aliphatic rings. The third-order valence-electron chi connectivity index (χ3n) is 4.20. The highest BCUT2D eigenvalue weighted by Crippen LogP contribution is 2.21. The molecule has 0 unspecified atom stereocenters. The Morgan fingerprint density at radius 3 is 2.75 bits per heavy atom. The van der Waals surface area contributed by atoms with Gasteiger partial charge in [0, 0.05) is 24.5 Å². The SMILES string of the molecule is Cc1cccc(-c2nc3ccc(N4CCOCC4)cc3c(=O)[nH]2)n1. The van der Waals surface area contributed by atoms with Gasteiger partial charge in [0.2, 0.25) is 0 Å². The van der Waals surface area contributed by atoms with E-state index >= 15 is 0 Å². The van der Waals surface area contributed by atoms with Gasteiger partial charge in [-0.3, -0.25) is 4.79 Å². The number of hydrogen-bond donors (Lipinski definition) is 1. The van der Waals surface area contributed by atoms with E-state index in [1.54, 1.807) is 0 Å². The molecule has 0 aliphatic carbocycles. The maximum atomic E-state index is 12.5. The van der Waals surface area contributed by atoms with Gasteiger partial charge in [-0.1, -0.05) is 6.07 Å². The highest BCUT2D eigenvalue weighted by molar-refractivity contribution is 5.83. The number of aryl methyl sites for hydroxylation is 1. The number of H-pyrrole nitrogens is 1. The van der Waals surface area contributed by atoms with E-state index in [1.165, 1.54) is 0 Å². The first kappa shape index (κ1) is 14.8. The summed E-state index contributed by atoms with van der Waals surface area (Å²) in [4.78, 5) is 26.6. The Labute approximate surface area is 139 Å². The molecule has 6 nitrogen and oxygen atoms in total. The van der Waals surface area contributed by atoms with Crippen LogP contribution in [0.15, 0.2) is 41.2 Å². The van der Waals surface area contributed by atoms with Crippen molar-refractivity contribution in [2.45, 2.75) is 6.92 Å². The molecule has 2 aromatic heterocycles. The molecule has 0 amide bonds. The topological polar surface area (TPSA) is 71.1 Å². The maximum absolute atomic E-state index is 12.5. The largest absolute Gasteiger partial charge is 0.378 e. The van der Waals surface area contributed by atoms with Crippen molar-refractivity contribution in [1.82, 2.24) is 15.0 Å². The third kappa shape index (κ3) is 2.76. The fraction of sp³-hybridized carbons (Fsp3) is 0.278. The predicted octanol–water partition coefficient (Wildman–Crippen LogP) is 2.13. The van der Waals surface area contributed by atoms with Crippen molar-refractivity contribution >= 4 is 16.6 Å². The average molecular weight is 322 g/mol. The minimum absolute atomic E-state index is 0.145. The standard InChI is InChI=1S/C18H18N4O2/c1-12-3-2-4-16(19-12)17-20-15-6-5-13(11-14(15)18(23)21-17)22-7-9-24-10-8-22/h2-6,11H,7-10H2,1H3,(H,20,21,23). The lowest BCUT2D eigenvalue weighted by Gasteiger charge is -2.28. The van der Waals surface area contributed by atoms with Crippen molar-refractivity contribution in [3.05, 3.63) is 52.4 Å². The number of ether oxygens (including phenoxy) is 1. The van der Waals surface area contributed by atoms with Crippen LogP contribution < -0.4 is 10.5 Å². The van der Waals surface area contributed by atoms with Crippen molar-refractivity contribution in [1.29, 1.82) is 0 Å². The molecule has 3 aromatic rings. The van der Waals surface area contributed by atoms with E-state index in [1.807, 2.05) is 43.3 Å². The number of aromatic nitrogens is 3. The van der Waals surface area contributed by atoms with E-state index in [9.17, 15) is 4.79 Å². The zero-order valence-corrected chi connectivity index (χ0v) is 13.5. The fourth-order valence-corrected chi connectivity index (χ4v) is 2.94. The zero-order chi connectivity index (χ0) is 16.5. The van der Waals surface area contributed by atoms with E-state index in [4.69, 9.17) is 4.74 Å². The van der Waals surface area contributed by atoms with Crippen molar-refractivity contribution in [3.63, 3.8) is 0 Å². The summed E-state index contributed by atoms with van der Waals surface area (Å²) in [5.74, 6) is 0.496. The van der Waals surface area contributed by atoms with E-state index in [0.29, 0.717) is 35.6 Å². The van der Waals surface area contributed by atoms with Gasteiger partial charge >= 0.3 is 0 Å². The smallest absolute Gasteiger partial charge is 0.259 e. The van der Waals surface area contributed by atoms with Crippen LogP contribution >= 0.6 is 0 Å². The second kappa shape index (κ2) is 6.05. The zero-order valence-electron chi connectivity index (χ0n) is 13.5. The molecule has 1 saturated heterocycles. The van der Waals surface area contributed by atoms with Gasteiger partial charge in [-0.15, -0.1) is 0 Å². The highest BCUT2D eigenvalue weighted by Gasteiger charge is 2.13. The van der Waals surface area contributed by atoms with Crippen molar-refractivity contribution < 1.29 is 4.74 Å². The number of aromatic amines is 1. The summed E-state index contributed by atoms with van der Waals surface area (Å²) in [6.07, 6.45) is 0. The predicted molar refractivity (Wildman–Crippen MR) is 93.4 cm³/mol. The normalized spacial score (nSPS) is 15.0. The van der Waals surface area contributed by atoms with Crippen molar-refractivity contribution in [3.8, 4) is 11.5 Å². The Morgan fingerprint density at radius 1 is 1.12 bits per heavy atom. The summed E-state index contributed by atoms with van der Waals surface area (Å²) in [5.41, 5.74) is 3.12. The second-order valence-corrected chi connectivity index (χ2v) is 5.88. The maximum Gasteiger partial charge on any atom is 0.259 e. The minimum atomic E-state index is -0.145. The number of nitrogens with zero attached hydrogens (tertiary/aromatic N) is 3. The summed E-state index contributed by atoms with van der Waals surface area (Å²) in [7, 11) is 0. The molecule has 0 atom stereocenters. The van der Waals surface area contributed by atoms with Crippen molar-refractivity contribution in [2.75, 3.05) is 31.2 Å². The van der Waals surface area contributed by atoms with Crippen molar-refractivity contribution in [2.24, 2.45) is 0 Å². The molecule has 1 fully saturated rings. The molecular weight excluding hydrogens is 304 g/mol. The van der Waals surface area contributed by atoms with Gasteiger partial charge in [0.25, 0.3) is 5.56 Å². The van der Waals surface area contributed by atoms with Crippen LogP contribution in [0.2, 0.25) is 0 Å². The van der Waals surface area contributed by atoms with Crippen LogP contribution in [0, 0.1) is 6.92 Å². The molecule has 1 aliphatic heterocycles. The van der Waals surface area contributed by atoms with Gasteiger partial charge in [-0.25, -0.2) is 9.97 Å². The van der Waals surface area contributed by atoms with E-state index in [2.05, 4.69) is 19.9 Å². The Morgan fingerprint density at radius 2 is 1.96 bits per heavy atom. The number of morpholine rings is 1. The lowest BCUT2D eigenvalue weighted by molar-refractivity contribution is 0.122. The fourth-order valence-electron chi connectivity index (χ4n) is 2.94. The first-order chi connectivity index (χ1) is 11.7. The number of pyridine rings is 1. The van der Waals surface area contributed by atoms with Crippen LogP contribution in [0.5, 0.6) is 0 Å². The highest BCUT2D eigenvalue weighted by atomic mass is 16.5. The molecule has 122 valence electrons. The van der Waals surface area contributed by atoms with Crippen LogP contribution in [0.3, 0.4) is 0 Å². The molecule has 0 bridgehead atoms. The lowest BCUT2D eigenvalue weighted by atomic mass is 10.2. The van der Waals surface area contributed by atoms with Gasteiger partial charge < -0.3 is 14.6 Å². The quantitative estimate of drug-likeness (QED) is 0.782. The van der Waals surface area contributed by atoms with Gasteiger partial charge in [-0.05, 0) is 37.3 Å². The number of fused-ring (bicyclic) bond motifs is 1. The van der Waals surface area contributed by atoms with E-state index < -0.39 is 0 Å². The Kier molecular flexibility index (Phi) is 3.74. The van der Waals surface area contributed by atoms with E-state index in [0.717, 1.165) is 24.5 Å². The average Bonchev–Trinajstić information content (AvgIpc) is 2.62. The van der Waals surface area contributed by atoms with Crippen LogP contribution in [0.25, 0.3) is 22.4 Å². The summed E-state index contributed by atoms with van der Waals surface area (Å²) in [5, 5.41) is 0.593. The molecule has 1 aromatic carbocycles. The molecule has 0 spiro atoms. The van der Waals surface area contributed by atoms with Crippen LogP contribution in [-0.2, 0) is 4.74 Å². The lowest BCUT2D eigenvalue weighted by Crippen LogP contribution is -2.36. The van der Waals surface area contributed by atoms with Gasteiger partial charge in [-0.2, -0.15) is 0 Å². The van der Waals surface area contributed by atoms with Crippen LogP contribution in [0.1, 0.15) is 5.69 Å². The van der Waals surface area contributed by atoms with Gasteiger partial charge in [0.05, 0.1) is 24.1 Å². The number of rotatable bonds is 2. The summed E-state index contributed by atoms with van der Waals surface area (Å²) >= 11 is 0. The number of nitrogens with one attached hydrogen (secondary N) is 1. The number of hydrogen-bond acceptors (Lipinski definition) is 5. The molecule has 4 rings (SSSR count). The number of benzene rings is 1. The Balaban J connectivity index is 1.78. The Hall–Kier alpha value is -2.73. The molecule has 3 heterocycles. The molecule has 0 saturated carbocycles. The minimum Gasteiger partial charge on any atom is -0.378 e. The third-order valence-corrected chi connectivity index (χ3v) is 4.20. The van der Waals surface area contributed by atoms with Gasteiger partial charge in [0.15, 0.2) is 5.82 Å². The monoisotopic (exact) mass is 322 g/mol. The molecule has 6 heteroatoms. The van der Waals surface area contributed by atoms with Crippen LogP contribution in [-0.4, -0.2) is 41.3 Å². The molecule has 0 radical (unpaired) electrons. The summed E-state index contributed by atoms with van der Waals surface area (Å²) < 4.78 is 5.38. The molecule has 1 N–H and O–H groups in total. The molecule has 24 heavy (non-hydrogen) atoms. The second-order valence-electron chi connectivity index (χ2n) is 5.88. The Bertz CT molecular complexity index is 945.